The third kappa shape index (κ3) is 2.17. The Morgan fingerprint density at radius 3 is 2.75 bits per heavy atom. The summed E-state index contributed by atoms with van der Waals surface area (Å²) in [5, 5.41) is 0.393. The van der Waals surface area contributed by atoms with Gasteiger partial charge in [-0.1, -0.05) is 11.6 Å². The highest BCUT2D eigenvalue weighted by Gasteiger charge is 2.33. The maximum absolute atomic E-state index is 12.7. The Labute approximate surface area is 142 Å². The van der Waals surface area contributed by atoms with Crippen LogP contribution in [-0.4, -0.2) is 17.3 Å². The number of hydrogen-bond donors (Lipinski definition) is 0. The van der Waals surface area contributed by atoms with E-state index in [1.807, 2.05) is 0 Å². The van der Waals surface area contributed by atoms with Crippen LogP contribution in [0.15, 0.2) is 23.0 Å². The molecule has 2 aliphatic rings. The van der Waals surface area contributed by atoms with E-state index in [0.717, 1.165) is 11.3 Å². The smallest absolute Gasteiger partial charge is 0.312 e. The van der Waals surface area contributed by atoms with Crippen molar-refractivity contribution in [3.63, 3.8) is 0 Å². The zero-order valence-electron chi connectivity index (χ0n) is 13.1. The van der Waals surface area contributed by atoms with Gasteiger partial charge in [0.1, 0.15) is 5.75 Å². The van der Waals surface area contributed by atoms with Gasteiger partial charge in [0.15, 0.2) is 11.5 Å². The second-order valence-corrected chi connectivity index (χ2v) is 6.30. The second kappa shape index (κ2) is 5.27. The molecule has 124 valence electrons. The summed E-state index contributed by atoms with van der Waals surface area (Å²) >= 11 is 6.25. The van der Waals surface area contributed by atoms with Crippen molar-refractivity contribution in [2.24, 2.45) is 7.05 Å². The molecule has 0 saturated carbocycles. The lowest BCUT2D eigenvalue weighted by molar-refractivity contribution is -0.135. The molecule has 0 spiro atoms. The number of aromatic nitrogens is 1. The van der Waals surface area contributed by atoms with Crippen LogP contribution >= 0.6 is 11.6 Å². The lowest BCUT2D eigenvalue weighted by Gasteiger charge is -2.25. The highest BCUT2D eigenvalue weighted by molar-refractivity contribution is 6.32. The van der Waals surface area contributed by atoms with E-state index in [9.17, 15) is 9.59 Å². The first kappa shape index (κ1) is 15.1. The number of carbonyl (C=O) groups is 1. The van der Waals surface area contributed by atoms with Crippen molar-refractivity contribution in [3.05, 3.63) is 50.4 Å². The Hall–Kier alpha value is -2.47. The van der Waals surface area contributed by atoms with Gasteiger partial charge in [-0.05, 0) is 24.6 Å². The SMILES string of the molecule is Cc1cc2c(c(=O)n1C)[C@H](c1cc(Cl)c3c(c1)OCO3)CC(=O)O2. The molecule has 1 aromatic heterocycles. The van der Waals surface area contributed by atoms with Crippen LogP contribution in [0, 0.1) is 6.92 Å². The summed E-state index contributed by atoms with van der Waals surface area (Å²) in [6.45, 7) is 1.89. The molecule has 1 aromatic carbocycles. The predicted molar refractivity (Wildman–Crippen MR) is 86.1 cm³/mol. The summed E-state index contributed by atoms with van der Waals surface area (Å²) < 4.78 is 17.5. The fraction of sp³-hybridized carbons (Fsp3) is 0.294. The van der Waals surface area contributed by atoms with Crippen LogP contribution < -0.4 is 19.8 Å². The molecule has 0 N–H and O–H groups in total. The Morgan fingerprint density at radius 2 is 1.96 bits per heavy atom. The van der Waals surface area contributed by atoms with E-state index >= 15 is 0 Å². The van der Waals surface area contributed by atoms with Crippen molar-refractivity contribution < 1.29 is 19.0 Å². The van der Waals surface area contributed by atoms with Gasteiger partial charge in [-0.2, -0.15) is 0 Å². The second-order valence-electron chi connectivity index (χ2n) is 5.90. The van der Waals surface area contributed by atoms with Crippen molar-refractivity contribution in [1.29, 1.82) is 0 Å². The van der Waals surface area contributed by atoms with E-state index in [2.05, 4.69) is 0 Å². The standard InChI is InChI=1S/C17H14ClNO5/c1-8-3-12-15(17(21)19(8)2)10(6-14(20)24-12)9-4-11(18)16-13(5-9)22-7-23-16/h3-5,10H,6-7H2,1-2H3/t10-/m0/s1. The highest BCUT2D eigenvalue weighted by atomic mass is 35.5. The van der Waals surface area contributed by atoms with Crippen LogP contribution in [-0.2, 0) is 11.8 Å². The molecule has 7 heteroatoms. The summed E-state index contributed by atoms with van der Waals surface area (Å²) in [5.74, 6) is 0.491. The minimum Gasteiger partial charge on any atom is -0.454 e. The van der Waals surface area contributed by atoms with E-state index in [0.29, 0.717) is 27.8 Å². The zero-order valence-corrected chi connectivity index (χ0v) is 13.8. The van der Waals surface area contributed by atoms with Crippen LogP contribution in [0.1, 0.15) is 29.2 Å². The number of hydrogen-bond acceptors (Lipinski definition) is 5. The van der Waals surface area contributed by atoms with Gasteiger partial charge in [0.25, 0.3) is 5.56 Å². The molecule has 0 radical (unpaired) electrons. The molecule has 2 aliphatic heterocycles. The first-order valence-corrected chi connectivity index (χ1v) is 7.83. The summed E-state index contributed by atoms with van der Waals surface area (Å²) in [5.41, 5.74) is 1.72. The summed E-state index contributed by atoms with van der Waals surface area (Å²) in [7, 11) is 1.69. The summed E-state index contributed by atoms with van der Waals surface area (Å²) in [6, 6.07) is 5.18. The first-order valence-electron chi connectivity index (χ1n) is 7.46. The summed E-state index contributed by atoms with van der Waals surface area (Å²) in [4.78, 5) is 24.7. The van der Waals surface area contributed by atoms with Gasteiger partial charge in [-0.3, -0.25) is 9.59 Å². The number of carbonyl (C=O) groups excluding carboxylic acids is 1. The van der Waals surface area contributed by atoms with Crippen LogP contribution in [0.25, 0.3) is 0 Å². The molecular formula is C17H14ClNO5. The normalized spacial score (nSPS) is 18.3. The monoisotopic (exact) mass is 347 g/mol. The molecule has 1 atom stereocenters. The Balaban J connectivity index is 1.92. The number of esters is 1. The van der Waals surface area contributed by atoms with Crippen molar-refractivity contribution in [2.45, 2.75) is 19.3 Å². The molecule has 0 unspecified atom stereocenters. The van der Waals surface area contributed by atoms with Crippen molar-refractivity contribution in [3.8, 4) is 17.2 Å². The van der Waals surface area contributed by atoms with Crippen LogP contribution in [0.3, 0.4) is 0 Å². The highest BCUT2D eigenvalue weighted by Crippen LogP contribution is 2.44. The lowest BCUT2D eigenvalue weighted by Crippen LogP contribution is -2.31. The molecular weight excluding hydrogens is 334 g/mol. The largest absolute Gasteiger partial charge is 0.454 e. The van der Waals surface area contributed by atoms with Gasteiger partial charge >= 0.3 is 5.97 Å². The van der Waals surface area contributed by atoms with Crippen LogP contribution in [0.2, 0.25) is 5.02 Å². The number of halogens is 1. The number of benzene rings is 1. The maximum Gasteiger partial charge on any atom is 0.312 e. The molecule has 24 heavy (non-hydrogen) atoms. The van der Waals surface area contributed by atoms with E-state index in [1.165, 1.54) is 0 Å². The number of pyridine rings is 1. The number of aryl methyl sites for hydroxylation is 1. The first-order chi connectivity index (χ1) is 11.5. The van der Waals surface area contributed by atoms with E-state index in [4.69, 9.17) is 25.8 Å². The van der Waals surface area contributed by atoms with Crippen molar-refractivity contribution in [1.82, 2.24) is 4.57 Å². The molecule has 0 fully saturated rings. The lowest BCUT2D eigenvalue weighted by atomic mass is 9.86. The number of rotatable bonds is 1. The minimum atomic E-state index is -0.437. The van der Waals surface area contributed by atoms with Gasteiger partial charge < -0.3 is 18.8 Å². The van der Waals surface area contributed by atoms with Crippen molar-refractivity contribution >= 4 is 17.6 Å². The minimum absolute atomic E-state index is 0.0707. The Morgan fingerprint density at radius 1 is 1.17 bits per heavy atom. The zero-order chi connectivity index (χ0) is 17.0. The van der Waals surface area contributed by atoms with Gasteiger partial charge in [-0.15, -0.1) is 0 Å². The van der Waals surface area contributed by atoms with E-state index in [-0.39, 0.29) is 24.7 Å². The number of ether oxygens (including phenoxy) is 3. The van der Waals surface area contributed by atoms with Crippen molar-refractivity contribution in [2.75, 3.05) is 6.79 Å². The molecule has 2 aromatic rings. The van der Waals surface area contributed by atoms with Gasteiger partial charge in [0, 0.05) is 24.7 Å². The molecule has 3 heterocycles. The van der Waals surface area contributed by atoms with Gasteiger partial charge in [0.2, 0.25) is 6.79 Å². The van der Waals surface area contributed by atoms with Crippen LogP contribution in [0.4, 0.5) is 0 Å². The molecule has 0 saturated heterocycles. The molecule has 6 nitrogen and oxygen atoms in total. The molecule has 0 bridgehead atoms. The summed E-state index contributed by atoms with van der Waals surface area (Å²) in [6.07, 6.45) is 0.0707. The third-order valence-electron chi connectivity index (χ3n) is 4.46. The van der Waals surface area contributed by atoms with E-state index in [1.54, 1.807) is 36.7 Å². The topological polar surface area (TPSA) is 66.8 Å². The van der Waals surface area contributed by atoms with Gasteiger partial charge in [0.05, 0.1) is 17.0 Å². The number of fused-ring (bicyclic) bond motifs is 2. The molecule has 0 amide bonds. The predicted octanol–water partition coefficient (Wildman–Crippen LogP) is 2.52. The fourth-order valence-electron chi connectivity index (χ4n) is 3.12. The Bertz CT molecular complexity index is 934. The Kier molecular flexibility index (Phi) is 3.31. The average molecular weight is 348 g/mol. The average Bonchev–Trinajstić information content (AvgIpc) is 3.01. The maximum atomic E-state index is 12.7. The van der Waals surface area contributed by atoms with E-state index < -0.39 is 5.92 Å². The van der Waals surface area contributed by atoms with Crippen LogP contribution in [0.5, 0.6) is 17.2 Å². The fourth-order valence-corrected chi connectivity index (χ4v) is 3.40. The van der Waals surface area contributed by atoms with Gasteiger partial charge in [-0.25, -0.2) is 0 Å². The molecule has 4 rings (SSSR count). The quantitative estimate of drug-likeness (QED) is 0.741. The third-order valence-corrected chi connectivity index (χ3v) is 4.75. The number of nitrogens with zero attached hydrogens (tertiary/aromatic N) is 1. The molecule has 0 aliphatic carbocycles.